The Morgan fingerprint density at radius 1 is 1.56 bits per heavy atom. The molecule has 0 spiro atoms. The van der Waals surface area contributed by atoms with Crippen LogP contribution in [0.4, 0.5) is 5.69 Å². The first kappa shape index (κ1) is 12.6. The van der Waals surface area contributed by atoms with E-state index in [4.69, 9.17) is 5.53 Å². The summed E-state index contributed by atoms with van der Waals surface area (Å²) in [6, 6.07) is 5.44. The Hall–Kier alpha value is -1.86. The Labute approximate surface area is 116 Å². The number of pyridine rings is 1. The summed E-state index contributed by atoms with van der Waals surface area (Å²) in [5.74, 6) is -0.578. The standard InChI is InChI=1S/C11H7IN4O2/c1-18-11(17)7-5-14-10-6(9(7)15-16-13)3-2-4-8(10)12/h2-5H,1H3. The molecule has 0 N–H and O–H groups in total. The number of methoxy groups -OCH3 is 1. The lowest BCUT2D eigenvalue weighted by Gasteiger charge is -2.07. The molecule has 2 rings (SSSR count). The van der Waals surface area contributed by atoms with Crippen LogP contribution in [0.2, 0.25) is 0 Å². The Balaban J connectivity index is 2.87. The molecule has 0 aliphatic rings. The van der Waals surface area contributed by atoms with E-state index in [1.54, 1.807) is 6.07 Å². The second kappa shape index (κ2) is 5.19. The average Bonchev–Trinajstić information content (AvgIpc) is 2.39. The van der Waals surface area contributed by atoms with Crippen molar-refractivity contribution in [1.29, 1.82) is 0 Å². The van der Waals surface area contributed by atoms with E-state index in [-0.39, 0.29) is 11.3 Å². The molecule has 2 aromatic rings. The Kier molecular flexibility index (Phi) is 3.63. The largest absolute Gasteiger partial charge is 0.465 e. The van der Waals surface area contributed by atoms with Gasteiger partial charge in [0, 0.05) is 20.1 Å². The van der Waals surface area contributed by atoms with Crippen molar-refractivity contribution in [2.45, 2.75) is 0 Å². The van der Waals surface area contributed by atoms with E-state index >= 15 is 0 Å². The summed E-state index contributed by atoms with van der Waals surface area (Å²) in [5.41, 5.74) is 9.70. The third-order valence-electron chi connectivity index (χ3n) is 2.37. The first-order valence-electron chi connectivity index (χ1n) is 4.89. The zero-order valence-electron chi connectivity index (χ0n) is 9.29. The molecule has 18 heavy (non-hydrogen) atoms. The first-order chi connectivity index (χ1) is 8.69. The molecule has 1 aromatic heterocycles. The van der Waals surface area contributed by atoms with Crippen LogP contribution < -0.4 is 0 Å². The minimum atomic E-state index is -0.578. The molecule has 0 radical (unpaired) electrons. The molecular formula is C11H7IN4O2. The van der Waals surface area contributed by atoms with Crippen LogP contribution in [0.5, 0.6) is 0 Å². The van der Waals surface area contributed by atoms with Gasteiger partial charge in [0.05, 0.1) is 23.9 Å². The fourth-order valence-corrected chi connectivity index (χ4v) is 2.22. The van der Waals surface area contributed by atoms with Crippen molar-refractivity contribution in [1.82, 2.24) is 4.98 Å². The quantitative estimate of drug-likeness (QED) is 0.272. The third kappa shape index (κ3) is 2.09. The SMILES string of the molecule is COC(=O)c1cnc2c(I)cccc2c1N=[N+]=[N-]. The van der Waals surface area contributed by atoms with Crippen molar-refractivity contribution in [3.05, 3.63) is 44.0 Å². The number of hydrogen-bond acceptors (Lipinski definition) is 4. The molecule has 0 bridgehead atoms. The van der Waals surface area contributed by atoms with Gasteiger partial charge in [0.2, 0.25) is 0 Å². The normalized spacial score (nSPS) is 9.89. The van der Waals surface area contributed by atoms with Crippen molar-refractivity contribution >= 4 is 45.2 Å². The van der Waals surface area contributed by atoms with Crippen LogP contribution in [-0.4, -0.2) is 18.1 Å². The summed E-state index contributed by atoms with van der Waals surface area (Å²) in [7, 11) is 1.27. The molecule has 90 valence electrons. The highest BCUT2D eigenvalue weighted by atomic mass is 127. The Morgan fingerprint density at radius 2 is 2.33 bits per heavy atom. The molecule has 0 unspecified atom stereocenters. The molecule has 1 heterocycles. The van der Waals surface area contributed by atoms with Gasteiger partial charge in [-0.15, -0.1) is 0 Å². The maximum absolute atomic E-state index is 11.6. The number of ether oxygens (including phenoxy) is 1. The summed E-state index contributed by atoms with van der Waals surface area (Å²) in [4.78, 5) is 18.5. The van der Waals surface area contributed by atoms with Crippen molar-refractivity contribution < 1.29 is 9.53 Å². The number of carbonyl (C=O) groups is 1. The molecule has 0 aliphatic heterocycles. The lowest BCUT2D eigenvalue weighted by Crippen LogP contribution is -2.03. The number of rotatable bonds is 2. The zero-order valence-corrected chi connectivity index (χ0v) is 11.5. The molecule has 0 aliphatic carbocycles. The fourth-order valence-electron chi connectivity index (χ4n) is 1.58. The van der Waals surface area contributed by atoms with Crippen LogP contribution in [0.15, 0.2) is 29.5 Å². The molecule has 0 atom stereocenters. The van der Waals surface area contributed by atoms with Crippen LogP contribution in [-0.2, 0) is 4.74 Å². The van der Waals surface area contributed by atoms with E-state index in [0.29, 0.717) is 10.9 Å². The summed E-state index contributed by atoms with van der Waals surface area (Å²) < 4.78 is 5.55. The highest BCUT2D eigenvalue weighted by molar-refractivity contribution is 14.1. The second-order valence-electron chi connectivity index (χ2n) is 3.34. The molecule has 7 heteroatoms. The van der Waals surface area contributed by atoms with Crippen LogP contribution in [0, 0.1) is 3.57 Å². The van der Waals surface area contributed by atoms with Gasteiger partial charge in [-0.3, -0.25) is 4.98 Å². The molecule has 0 saturated heterocycles. The van der Waals surface area contributed by atoms with Crippen LogP contribution >= 0.6 is 22.6 Å². The number of fused-ring (bicyclic) bond motifs is 1. The minimum Gasteiger partial charge on any atom is -0.465 e. The van der Waals surface area contributed by atoms with E-state index in [0.717, 1.165) is 3.57 Å². The maximum Gasteiger partial charge on any atom is 0.339 e. The summed E-state index contributed by atoms with van der Waals surface area (Å²) in [6.45, 7) is 0. The van der Waals surface area contributed by atoms with Crippen molar-refractivity contribution in [2.24, 2.45) is 5.11 Å². The lowest BCUT2D eigenvalue weighted by atomic mass is 10.1. The van der Waals surface area contributed by atoms with Crippen molar-refractivity contribution in [3.63, 3.8) is 0 Å². The van der Waals surface area contributed by atoms with Crippen LogP contribution in [0.25, 0.3) is 21.3 Å². The number of esters is 1. The minimum absolute atomic E-state index is 0.157. The van der Waals surface area contributed by atoms with Gasteiger partial charge < -0.3 is 4.74 Å². The van der Waals surface area contributed by atoms with Gasteiger partial charge in [0.1, 0.15) is 0 Å². The predicted octanol–water partition coefficient (Wildman–Crippen LogP) is 3.57. The number of azide groups is 1. The van der Waals surface area contributed by atoms with Crippen molar-refractivity contribution in [3.8, 4) is 0 Å². The maximum atomic E-state index is 11.6. The topological polar surface area (TPSA) is 88.0 Å². The monoisotopic (exact) mass is 354 g/mol. The number of aromatic nitrogens is 1. The number of hydrogen-bond donors (Lipinski definition) is 0. The summed E-state index contributed by atoms with van der Waals surface area (Å²) in [5, 5.41) is 4.21. The number of para-hydroxylation sites is 1. The molecule has 6 nitrogen and oxygen atoms in total. The van der Waals surface area contributed by atoms with E-state index in [9.17, 15) is 4.79 Å². The number of halogens is 1. The van der Waals surface area contributed by atoms with Gasteiger partial charge in [-0.05, 0) is 34.2 Å². The van der Waals surface area contributed by atoms with Gasteiger partial charge in [-0.1, -0.05) is 17.2 Å². The van der Waals surface area contributed by atoms with Crippen LogP contribution in [0.3, 0.4) is 0 Å². The third-order valence-corrected chi connectivity index (χ3v) is 3.24. The van der Waals surface area contributed by atoms with Gasteiger partial charge in [0.15, 0.2) is 0 Å². The van der Waals surface area contributed by atoms with Gasteiger partial charge >= 0.3 is 5.97 Å². The molecule has 0 amide bonds. The van der Waals surface area contributed by atoms with Gasteiger partial charge in [-0.2, -0.15) is 0 Å². The number of benzene rings is 1. The smallest absolute Gasteiger partial charge is 0.339 e. The summed E-state index contributed by atoms with van der Waals surface area (Å²) in [6.07, 6.45) is 1.36. The number of nitrogens with zero attached hydrogens (tertiary/aromatic N) is 4. The average molecular weight is 354 g/mol. The van der Waals surface area contributed by atoms with E-state index in [1.165, 1.54) is 13.3 Å². The predicted molar refractivity (Wildman–Crippen MR) is 74.6 cm³/mol. The Bertz CT molecular complexity index is 680. The second-order valence-corrected chi connectivity index (χ2v) is 4.50. The van der Waals surface area contributed by atoms with Gasteiger partial charge in [0.25, 0.3) is 0 Å². The van der Waals surface area contributed by atoms with Crippen molar-refractivity contribution in [2.75, 3.05) is 7.11 Å². The summed E-state index contributed by atoms with van der Waals surface area (Å²) >= 11 is 2.13. The van der Waals surface area contributed by atoms with Gasteiger partial charge in [-0.25, -0.2) is 4.79 Å². The number of carbonyl (C=O) groups excluding carboxylic acids is 1. The molecule has 1 aromatic carbocycles. The Morgan fingerprint density at radius 3 is 3.00 bits per heavy atom. The van der Waals surface area contributed by atoms with E-state index in [1.807, 2.05) is 12.1 Å². The molecular weight excluding hydrogens is 347 g/mol. The lowest BCUT2D eigenvalue weighted by molar-refractivity contribution is 0.0601. The zero-order chi connectivity index (χ0) is 13.1. The molecule has 0 saturated carbocycles. The van der Waals surface area contributed by atoms with E-state index < -0.39 is 5.97 Å². The van der Waals surface area contributed by atoms with E-state index in [2.05, 4.69) is 42.3 Å². The molecule has 0 fully saturated rings. The highest BCUT2D eigenvalue weighted by Crippen LogP contribution is 2.31. The highest BCUT2D eigenvalue weighted by Gasteiger charge is 2.15. The first-order valence-corrected chi connectivity index (χ1v) is 5.97. The fraction of sp³-hybridized carbons (Fsp3) is 0.0909. The van der Waals surface area contributed by atoms with Crippen LogP contribution in [0.1, 0.15) is 10.4 Å².